The minimum Gasteiger partial charge on any atom is -0.391 e. The molecule has 0 aliphatic heterocycles. The lowest BCUT2D eigenvalue weighted by atomic mass is 10.4. The van der Waals surface area contributed by atoms with Crippen LogP contribution in [0.2, 0.25) is 0 Å². The number of hydrogen-bond acceptors (Lipinski definition) is 6. The van der Waals surface area contributed by atoms with Gasteiger partial charge in [0.05, 0.1) is 25.1 Å². The number of nitrogens with zero attached hydrogens (tertiary/aromatic N) is 3. The van der Waals surface area contributed by atoms with Crippen LogP contribution in [-0.2, 0) is 11.1 Å². The lowest BCUT2D eigenvalue weighted by Gasteiger charge is -2.12. The van der Waals surface area contributed by atoms with Crippen LogP contribution in [0.3, 0.4) is 0 Å². The van der Waals surface area contributed by atoms with Crippen LogP contribution in [0.25, 0.3) is 11.2 Å². The van der Waals surface area contributed by atoms with Gasteiger partial charge in [-0.15, -0.1) is 0 Å². The van der Waals surface area contributed by atoms with Gasteiger partial charge in [0.2, 0.25) is 5.95 Å². The lowest BCUT2D eigenvalue weighted by molar-refractivity contribution is 0.169. The Labute approximate surface area is 106 Å². The number of aliphatic hydroxyl groups is 1. The molecule has 2 heterocycles. The fourth-order valence-corrected chi connectivity index (χ4v) is 2.33. The average molecular weight is 289 g/mol. The highest BCUT2D eigenvalue weighted by Crippen LogP contribution is 2.35. The minimum absolute atomic E-state index is 0.0394. The highest BCUT2D eigenvalue weighted by molar-refractivity contribution is 7.51. The molecule has 0 radical (unpaired) electrons. The zero-order chi connectivity index (χ0) is 14.2. The SMILES string of the molecule is Nc1nc2c(ncn2C[C@H](O)CP(=O)(O)O)c(=O)[nH]1. The van der Waals surface area contributed by atoms with Crippen molar-refractivity contribution in [2.24, 2.45) is 0 Å². The Morgan fingerprint density at radius 1 is 1.53 bits per heavy atom. The summed E-state index contributed by atoms with van der Waals surface area (Å²) in [7, 11) is -4.32. The van der Waals surface area contributed by atoms with Crippen molar-refractivity contribution in [1.29, 1.82) is 0 Å². The summed E-state index contributed by atoms with van der Waals surface area (Å²) < 4.78 is 12.1. The van der Waals surface area contributed by atoms with Gasteiger partial charge in [0.25, 0.3) is 5.56 Å². The predicted molar refractivity (Wildman–Crippen MR) is 65.5 cm³/mol. The number of aromatic nitrogens is 4. The number of fused-ring (bicyclic) bond motifs is 1. The number of aromatic amines is 1. The van der Waals surface area contributed by atoms with Crippen LogP contribution in [0, 0.1) is 0 Å². The normalized spacial score (nSPS) is 13.8. The third-order valence-corrected chi connectivity index (χ3v) is 3.25. The van der Waals surface area contributed by atoms with Crippen LogP contribution < -0.4 is 11.3 Å². The van der Waals surface area contributed by atoms with E-state index < -0.39 is 25.4 Å². The van der Waals surface area contributed by atoms with Crippen molar-refractivity contribution in [2.75, 3.05) is 11.9 Å². The third kappa shape index (κ3) is 3.18. The standard InChI is InChI=1S/C8H12N5O5P/c9-8-11-6-5(7(15)12-8)10-3-13(6)1-4(14)2-19(16,17)18/h3-4,14H,1-2H2,(H2,16,17,18)(H3,9,11,12,15)/t4-/m0/s1. The molecule has 6 N–H and O–H groups in total. The van der Waals surface area contributed by atoms with E-state index in [4.69, 9.17) is 15.5 Å². The number of nitrogens with one attached hydrogen (secondary N) is 1. The van der Waals surface area contributed by atoms with E-state index >= 15 is 0 Å². The van der Waals surface area contributed by atoms with Crippen molar-refractivity contribution in [2.45, 2.75) is 12.6 Å². The van der Waals surface area contributed by atoms with Crippen LogP contribution in [0.4, 0.5) is 5.95 Å². The first-order valence-electron chi connectivity index (χ1n) is 5.19. The molecule has 0 spiro atoms. The molecule has 0 aliphatic rings. The van der Waals surface area contributed by atoms with Crippen LogP contribution in [0.1, 0.15) is 0 Å². The van der Waals surface area contributed by atoms with Gasteiger partial charge in [-0.25, -0.2) is 4.98 Å². The Kier molecular flexibility index (Phi) is 3.42. The molecule has 2 rings (SSSR count). The molecule has 0 aromatic carbocycles. The summed E-state index contributed by atoms with van der Waals surface area (Å²) in [6.45, 7) is -0.155. The number of hydrogen-bond donors (Lipinski definition) is 5. The van der Waals surface area contributed by atoms with Crippen LogP contribution in [0.5, 0.6) is 0 Å². The van der Waals surface area contributed by atoms with Crippen molar-refractivity contribution in [3.63, 3.8) is 0 Å². The molecule has 0 unspecified atom stereocenters. The van der Waals surface area contributed by atoms with Gasteiger partial charge in [-0.3, -0.25) is 14.3 Å². The molecular weight excluding hydrogens is 277 g/mol. The number of H-pyrrole nitrogens is 1. The second-order valence-corrected chi connectivity index (χ2v) is 5.72. The van der Waals surface area contributed by atoms with Crippen molar-refractivity contribution < 1.29 is 19.5 Å². The summed E-state index contributed by atoms with van der Waals surface area (Å²) in [6.07, 6.45) is -0.735. The highest BCUT2D eigenvalue weighted by atomic mass is 31.2. The summed E-state index contributed by atoms with van der Waals surface area (Å²) in [5.74, 6) is -0.108. The number of anilines is 1. The van der Waals surface area contributed by atoms with E-state index in [-0.39, 0.29) is 23.7 Å². The molecule has 2 aromatic heterocycles. The Hall–Kier alpha value is -1.74. The van der Waals surface area contributed by atoms with Crippen molar-refractivity contribution in [3.8, 4) is 0 Å². The van der Waals surface area contributed by atoms with Crippen LogP contribution in [0.15, 0.2) is 11.1 Å². The molecule has 104 valence electrons. The van der Waals surface area contributed by atoms with E-state index in [0.717, 1.165) is 0 Å². The van der Waals surface area contributed by atoms with Gasteiger partial charge in [0.1, 0.15) is 0 Å². The molecule has 10 nitrogen and oxygen atoms in total. The van der Waals surface area contributed by atoms with Crippen LogP contribution >= 0.6 is 7.60 Å². The zero-order valence-electron chi connectivity index (χ0n) is 9.59. The predicted octanol–water partition coefficient (Wildman–Crippen LogP) is -1.76. The summed E-state index contributed by atoms with van der Waals surface area (Å²) in [6, 6.07) is 0. The first-order chi connectivity index (χ1) is 8.76. The van der Waals surface area contributed by atoms with Gasteiger partial charge in [-0.05, 0) is 0 Å². The molecule has 11 heteroatoms. The largest absolute Gasteiger partial charge is 0.391 e. The Bertz CT molecular complexity index is 703. The molecule has 0 aliphatic carbocycles. The van der Waals surface area contributed by atoms with Gasteiger partial charge < -0.3 is 25.2 Å². The van der Waals surface area contributed by atoms with E-state index in [1.165, 1.54) is 10.9 Å². The summed E-state index contributed by atoms with van der Waals surface area (Å²) in [4.78, 5) is 38.9. The van der Waals surface area contributed by atoms with Crippen LogP contribution in [-0.4, -0.2) is 46.7 Å². The molecule has 19 heavy (non-hydrogen) atoms. The molecule has 2 aromatic rings. The summed E-state index contributed by atoms with van der Waals surface area (Å²) >= 11 is 0. The zero-order valence-corrected chi connectivity index (χ0v) is 10.5. The molecule has 0 saturated heterocycles. The van der Waals surface area contributed by atoms with Gasteiger partial charge in [-0.2, -0.15) is 4.98 Å². The monoisotopic (exact) mass is 289 g/mol. The Morgan fingerprint density at radius 3 is 2.84 bits per heavy atom. The second-order valence-electron chi connectivity index (χ2n) is 4.02. The fraction of sp³-hybridized carbons (Fsp3) is 0.375. The number of nitrogens with two attached hydrogens (primary N) is 1. The molecule has 1 atom stereocenters. The van der Waals surface area contributed by atoms with Gasteiger partial charge in [0.15, 0.2) is 11.2 Å². The van der Waals surface area contributed by atoms with Gasteiger partial charge in [0, 0.05) is 0 Å². The number of aliphatic hydroxyl groups excluding tert-OH is 1. The average Bonchev–Trinajstić information content (AvgIpc) is 2.58. The molecular formula is C8H12N5O5P. The van der Waals surface area contributed by atoms with Crippen molar-refractivity contribution >= 4 is 24.7 Å². The third-order valence-electron chi connectivity index (χ3n) is 2.35. The highest BCUT2D eigenvalue weighted by Gasteiger charge is 2.21. The summed E-state index contributed by atoms with van der Waals surface area (Å²) in [5, 5.41) is 9.57. The number of rotatable bonds is 4. The maximum Gasteiger partial charge on any atom is 0.328 e. The van der Waals surface area contributed by atoms with E-state index in [1.54, 1.807) is 0 Å². The van der Waals surface area contributed by atoms with Crippen molar-refractivity contribution in [3.05, 3.63) is 16.7 Å². The topological polar surface area (TPSA) is 167 Å². The van der Waals surface area contributed by atoms with E-state index in [0.29, 0.717) is 0 Å². The van der Waals surface area contributed by atoms with E-state index in [9.17, 15) is 14.5 Å². The fourth-order valence-electron chi connectivity index (χ4n) is 1.66. The van der Waals surface area contributed by atoms with Crippen molar-refractivity contribution in [1.82, 2.24) is 19.5 Å². The first kappa shape index (κ1) is 13.7. The number of imidazole rings is 1. The summed E-state index contributed by atoms with van der Waals surface area (Å²) in [5.41, 5.74) is 5.05. The molecule has 0 amide bonds. The van der Waals surface area contributed by atoms with Gasteiger partial charge >= 0.3 is 7.60 Å². The number of nitrogen functional groups attached to an aromatic ring is 1. The quantitative estimate of drug-likeness (QED) is 0.412. The van der Waals surface area contributed by atoms with E-state index in [1.807, 2.05) is 0 Å². The maximum absolute atomic E-state index is 11.5. The molecule has 0 fully saturated rings. The minimum atomic E-state index is -4.32. The molecule has 0 bridgehead atoms. The Balaban J connectivity index is 2.31. The van der Waals surface area contributed by atoms with Gasteiger partial charge in [-0.1, -0.05) is 0 Å². The smallest absolute Gasteiger partial charge is 0.328 e. The first-order valence-corrected chi connectivity index (χ1v) is 6.99. The maximum atomic E-state index is 11.5. The Morgan fingerprint density at radius 2 is 2.21 bits per heavy atom. The van der Waals surface area contributed by atoms with E-state index in [2.05, 4.69) is 15.0 Å². The second kappa shape index (κ2) is 4.74. The molecule has 0 saturated carbocycles. The lowest BCUT2D eigenvalue weighted by Crippen LogP contribution is -2.20.